The molecule has 17 heavy (non-hydrogen) atoms. The number of amides is 2. The van der Waals surface area contributed by atoms with Gasteiger partial charge in [0.1, 0.15) is 0 Å². The monoisotopic (exact) mass is 235 g/mol. The molecule has 0 aromatic carbocycles. The molecule has 2 heterocycles. The number of anilines is 1. The lowest BCUT2D eigenvalue weighted by Gasteiger charge is -2.25. The molecule has 1 aliphatic rings. The van der Waals surface area contributed by atoms with Gasteiger partial charge in [-0.05, 0) is 0 Å². The van der Waals surface area contributed by atoms with Crippen LogP contribution in [0.15, 0.2) is 11.9 Å². The van der Waals surface area contributed by atoms with Crippen molar-refractivity contribution < 1.29 is 9.59 Å². The standard InChI is InChI=1S/C9H11N6O2/c1-6(16)12-8-3-14-9(10-5-11-14)15(4-8)13-7(2)17/h4H,3H2,1-2H3,(H,12,16)(H,13,17). The molecule has 2 N–H and O–H groups in total. The van der Waals surface area contributed by atoms with Gasteiger partial charge in [-0.1, -0.05) is 0 Å². The molecule has 2 rings (SSSR count). The number of rotatable bonds is 2. The summed E-state index contributed by atoms with van der Waals surface area (Å²) in [4.78, 5) is 25.9. The second kappa shape index (κ2) is 4.24. The Morgan fingerprint density at radius 2 is 2.18 bits per heavy atom. The van der Waals surface area contributed by atoms with Gasteiger partial charge < -0.3 is 5.32 Å². The van der Waals surface area contributed by atoms with Crippen molar-refractivity contribution in [2.24, 2.45) is 0 Å². The third-order valence-electron chi connectivity index (χ3n) is 1.98. The summed E-state index contributed by atoms with van der Waals surface area (Å²) >= 11 is 0. The van der Waals surface area contributed by atoms with Crippen LogP contribution < -0.4 is 15.8 Å². The summed E-state index contributed by atoms with van der Waals surface area (Å²) in [5.41, 5.74) is 3.16. The van der Waals surface area contributed by atoms with E-state index in [1.165, 1.54) is 23.5 Å². The number of carbonyl (C=O) groups is 2. The summed E-state index contributed by atoms with van der Waals surface area (Å²) in [6, 6.07) is 0. The predicted molar refractivity (Wildman–Crippen MR) is 57.1 cm³/mol. The number of carbonyl (C=O) groups excluding carboxylic acids is 2. The second-order valence-corrected chi connectivity index (χ2v) is 3.54. The molecular formula is C9H11N6O2. The molecule has 0 atom stereocenters. The maximum Gasteiger partial charge on any atom is 0.248 e. The van der Waals surface area contributed by atoms with Gasteiger partial charge in [-0.3, -0.25) is 15.0 Å². The number of nitrogens with zero attached hydrogens (tertiary/aromatic N) is 4. The topological polar surface area (TPSA) is 92.2 Å². The zero-order valence-corrected chi connectivity index (χ0v) is 9.39. The third kappa shape index (κ3) is 2.41. The number of allylic oxidation sites excluding steroid dienone is 1. The number of hydrazine groups is 1. The van der Waals surface area contributed by atoms with Crippen molar-refractivity contribution in [1.82, 2.24) is 25.5 Å². The molecule has 8 nitrogen and oxygen atoms in total. The van der Waals surface area contributed by atoms with Gasteiger partial charge in [0.05, 0.1) is 18.4 Å². The molecular weight excluding hydrogens is 224 g/mol. The minimum atomic E-state index is -0.250. The van der Waals surface area contributed by atoms with Crippen LogP contribution in [0.5, 0.6) is 0 Å². The second-order valence-electron chi connectivity index (χ2n) is 3.54. The Morgan fingerprint density at radius 3 is 2.82 bits per heavy atom. The quantitative estimate of drug-likeness (QED) is 0.680. The van der Waals surface area contributed by atoms with Crippen LogP contribution in [0.25, 0.3) is 0 Å². The van der Waals surface area contributed by atoms with E-state index in [0.29, 0.717) is 18.2 Å². The number of aromatic nitrogens is 3. The van der Waals surface area contributed by atoms with Crippen LogP contribution >= 0.6 is 0 Å². The SMILES string of the molecule is CC(=O)NC1=CN(NC(C)=O)c2n[c]nn2C1. The van der Waals surface area contributed by atoms with Gasteiger partial charge in [0, 0.05) is 13.8 Å². The molecule has 1 aromatic heterocycles. The zero-order chi connectivity index (χ0) is 12.4. The summed E-state index contributed by atoms with van der Waals surface area (Å²) < 4.78 is 1.52. The predicted octanol–water partition coefficient (Wildman–Crippen LogP) is -1.07. The van der Waals surface area contributed by atoms with E-state index in [1.54, 1.807) is 6.20 Å². The first-order valence-corrected chi connectivity index (χ1v) is 4.92. The average molecular weight is 235 g/mol. The summed E-state index contributed by atoms with van der Waals surface area (Å²) in [6.07, 6.45) is 4.03. The van der Waals surface area contributed by atoms with Gasteiger partial charge >= 0.3 is 0 Å². The highest BCUT2D eigenvalue weighted by atomic mass is 16.2. The van der Waals surface area contributed by atoms with Gasteiger partial charge in [-0.2, -0.15) is 4.98 Å². The molecule has 1 aromatic rings. The lowest BCUT2D eigenvalue weighted by Crippen LogP contribution is -2.43. The number of nitrogens with one attached hydrogen (secondary N) is 2. The molecule has 89 valence electrons. The Kier molecular flexibility index (Phi) is 2.77. The Bertz CT molecular complexity index is 491. The van der Waals surface area contributed by atoms with E-state index in [1.807, 2.05) is 0 Å². The molecule has 0 bridgehead atoms. The molecule has 0 spiro atoms. The smallest absolute Gasteiger partial charge is 0.248 e. The molecule has 0 saturated heterocycles. The van der Waals surface area contributed by atoms with E-state index in [-0.39, 0.29) is 11.8 Å². The van der Waals surface area contributed by atoms with E-state index >= 15 is 0 Å². The first-order chi connectivity index (χ1) is 8.06. The molecule has 0 fully saturated rings. The van der Waals surface area contributed by atoms with Gasteiger partial charge in [0.2, 0.25) is 24.1 Å². The highest BCUT2D eigenvalue weighted by Crippen LogP contribution is 2.15. The summed E-state index contributed by atoms with van der Waals surface area (Å²) in [5.74, 6) is 0.000692. The van der Waals surface area contributed by atoms with Crippen molar-refractivity contribution in [3.63, 3.8) is 0 Å². The average Bonchev–Trinajstić information content (AvgIpc) is 2.63. The summed E-state index contributed by atoms with van der Waals surface area (Å²) in [5, 5.41) is 7.90. The van der Waals surface area contributed by atoms with Crippen LogP contribution in [-0.4, -0.2) is 26.6 Å². The van der Waals surface area contributed by atoms with Crippen molar-refractivity contribution >= 4 is 17.8 Å². The van der Waals surface area contributed by atoms with E-state index in [9.17, 15) is 9.59 Å². The molecule has 1 aliphatic heterocycles. The van der Waals surface area contributed by atoms with Crippen molar-refractivity contribution in [2.75, 3.05) is 5.01 Å². The maximum absolute atomic E-state index is 11.0. The number of hydrogen-bond acceptors (Lipinski definition) is 5. The van der Waals surface area contributed by atoms with Crippen LogP contribution in [0.2, 0.25) is 0 Å². The van der Waals surface area contributed by atoms with Crippen LogP contribution in [0.4, 0.5) is 5.95 Å². The first-order valence-electron chi connectivity index (χ1n) is 4.92. The maximum atomic E-state index is 11.0. The van der Waals surface area contributed by atoms with Crippen molar-refractivity contribution in [3.05, 3.63) is 18.2 Å². The normalized spacial score (nSPS) is 13.8. The number of fused-ring (bicyclic) bond motifs is 1. The lowest BCUT2D eigenvalue weighted by atomic mass is 10.4. The van der Waals surface area contributed by atoms with Crippen molar-refractivity contribution in [2.45, 2.75) is 20.4 Å². The fraction of sp³-hybridized carbons (Fsp3) is 0.333. The highest BCUT2D eigenvalue weighted by molar-refractivity contribution is 5.76. The highest BCUT2D eigenvalue weighted by Gasteiger charge is 2.20. The first kappa shape index (κ1) is 11.1. The van der Waals surface area contributed by atoms with Gasteiger partial charge in [-0.25, -0.2) is 9.69 Å². The largest absolute Gasteiger partial charge is 0.327 e. The minimum absolute atomic E-state index is 0.188. The lowest BCUT2D eigenvalue weighted by molar-refractivity contribution is -0.119. The van der Waals surface area contributed by atoms with E-state index in [0.717, 1.165) is 0 Å². The van der Waals surface area contributed by atoms with Crippen molar-refractivity contribution in [3.8, 4) is 0 Å². The van der Waals surface area contributed by atoms with E-state index in [4.69, 9.17) is 0 Å². The Balaban J connectivity index is 2.25. The molecule has 2 amide bonds. The van der Waals surface area contributed by atoms with Gasteiger partial charge in [-0.15, -0.1) is 5.10 Å². The molecule has 0 unspecified atom stereocenters. The number of hydrogen-bond donors (Lipinski definition) is 2. The zero-order valence-electron chi connectivity index (χ0n) is 9.39. The van der Waals surface area contributed by atoms with Crippen molar-refractivity contribution in [1.29, 1.82) is 0 Å². The van der Waals surface area contributed by atoms with Crippen LogP contribution in [-0.2, 0) is 16.1 Å². The van der Waals surface area contributed by atoms with Gasteiger partial charge in [0.25, 0.3) is 0 Å². The van der Waals surface area contributed by atoms with Crippen LogP contribution in [0, 0.1) is 6.33 Å². The Morgan fingerprint density at radius 1 is 1.41 bits per heavy atom. The van der Waals surface area contributed by atoms with E-state index < -0.39 is 0 Å². The third-order valence-corrected chi connectivity index (χ3v) is 1.98. The minimum Gasteiger partial charge on any atom is -0.327 e. The van der Waals surface area contributed by atoms with Crippen LogP contribution in [0.1, 0.15) is 13.8 Å². The summed E-state index contributed by atoms with van der Waals surface area (Å²) in [6.45, 7) is 3.17. The van der Waals surface area contributed by atoms with Crippen LogP contribution in [0.3, 0.4) is 0 Å². The fourth-order valence-electron chi connectivity index (χ4n) is 1.47. The van der Waals surface area contributed by atoms with Gasteiger partial charge in [0.15, 0.2) is 0 Å². The molecule has 8 heteroatoms. The molecule has 1 radical (unpaired) electrons. The molecule has 0 aliphatic carbocycles. The summed E-state index contributed by atoms with van der Waals surface area (Å²) in [7, 11) is 0. The fourth-order valence-corrected chi connectivity index (χ4v) is 1.47. The molecule has 0 saturated carbocycles. The van der Waals surface area contributed by atoms with E-state index in [2.05, 4.69) is 27.2 Å². The Hall–Kier alpha value is -2.38. The Labute approximate surface area is 97.3 Å².